The minimum absolute atomic E-state index is 0.0270. The summed E-state index contributed by atoms with van der Waals surface area (Å²) in [5.74, 6) is 0.925. The molecule has 26 heavy (non-hydrogen) atoms. The van der Waals surface area contributed by atoms with E-state index in [4.69, 9.17) is 0 Å². The highest BCUT2D eigenvalue weighted by molar-refractivity contribution is 7.92. The lowest BCUT2D eigenvalue weighted by molar-refractivity contribution is 0.587. The molecule has 0 amide bonds. The number of rotatable bonds is 7. The molecule has 0 aliphatic heterocycles. The van der Waals surface area contributed by atoms with E-state index in [2.05, 4.69) is 42.6 Å². The molecule has 1 aromatic carbocycles. The number of nitrogens with one attached hydrogen (secondary N) is 1. The van der Waals surface area contributed by atoms with Crippen molar-refractivity contribution < 1.29 is 8.42 Å². The van der Waals surface area contributed by atoms with Crippen molar-refractivity contribution in [2.75, 3.05) is 23.2 Å². The molecule has 0 aliphatic rings. The second kappa shape index (κ2) is 8.03. The molecule has 0 unspecified atom stereocenters. The molecule has 1 aromatic heterocycles. The summed E-state index contributed by atoms with van der Waals surface area (Å²) >= 11 is 0. The highest BCUT2D eigenvalue weighted by Crippen LogP contribution is 2.24. The minimum atomic E-state index is -3.69. The van der Waals surface area contributed by atoms with Crippen molar-refractivity contribution in [1.29, 1.82) is 0 Å². The normalized spacial score (nSPS) is 12.0. The zero-order valence-electron chi connectivity index (χ0n) is 16.2. The van der Waals surface area contributed by atoms with E-state index in [1.165, 1.54) is 0 Å². The number of unbranched alkanes of at least 4 members (excludes halogenated alkanes) is 1. The molecule has 0 bridgehead atoms. The molecule has 0 atom stereocenters. The highest BCUT2D eigenvalue weighted by atomic mass is 32.2. The predicted molar refractivity (Wildman–Crippen MR) is 106 cm³/mol. The van der Waals surface area contributed by atoms with Crippen LogP contribution < -0.4 is 9.62 Å². The van der Waals surface area contributed by atoms with Gasteiger partial charge in [0.2, 0.25) is 0 Å². The third-order valence-corrected chi connectivity index (χ3v) is 5.53. The number of anilines is 2. The van der Waals surface area contributed by atoms with Gasteiger partial charge in [0.05, 0.1) is 4.90 Å². The van der Waals surface area contributed by atoms with E-state index in [0.29, 0.717) is 0 Å². The Kier molecular flexibility index (Phi) is 6.23. The number of benzene rings is 1. The van der Waals surface area contributed by atoms with Gasteiger partial charge in [-0.05, 0) is 41.7 Å². The fraction of sp³-hybridized carbons (Fsp3) is 0.474. The van der Waals surface area contributed by atoms with Gasteiger partial charge in [0.15, 0.2) is 11.6 Å². The van der Waals surface area contributed by atoms with E-state index < -0.39 is 10.0 Å². The first-order valence-electron chi connectivity index (χ1n) is 8.82. The first-order valence-corrected chi connectivity index (χ1v) is 10.3. The summed E-state index contributed by atoms with van der Waals surface area (Å²) in [6.07, 6.45) is 2.17. The Bertz CT molecular complexity index is 810. The van der Waals surface area contributed by atoms with Gasteiger partial charge in [-0.3, -0.25) is 4.72 Å². The summed E-state index contributed by atoms with van der Waals surface area (Å²) in [5, 5.41) is 8.10. The largest absolute Gasteiger partial charge is 0.358 e. The summed E-state index contributed by atoms with van der Waals surface area (Å²) in [6.45, 7) is 9.28. The number of aromatic nitrogens is 2. The van der Waals surface area contributed by atoms with Crippen LogP contribution in [0, 0.1) is 0 Å². The SMILES string of the molecule is CCCCN(C)c1ccc(NS(=O)(=O)c2ccc(C(C)(C)C)cc2)nn1. The van der Waals surface area contributed by atoms with Gasteiger partial charge in [-0.25, -0.2) is 8.42 Å². The van der Waals surface area contributed by atoms with Gasteiger partial charge in [-0.2, -0.15) is 0 Å². The molecule has 0 spiro atoms. The second-order valence-electron chi connectivity index (χ2n) is 7.43. The van der Waals surface area contributed by atoms with Gasteiger partial charge in [0, 0.05) is 13.6 Å². The van der Waals surface area contributed by atoms with Gasteiger partial charge in [-0.15, -0.1) is 10.2 Å². The van der Waals surface area contributed by atoms with Gasteiger partial charge < -0.3 is 4.90 Å². The maximum atomic E-state index is 12.5. The van der Waals surface area contributed by atoms with Crippen LogP contribution in [0.4, 0.5) is 11.6 Å². The van der Waals surface area contributed by atoms with E-state index in [9.17, 15) is 8.42 Å². The Balaban J connectivity index is 2.11. The van der Waals surface area contributed by atoms with Crippen LogP contribution in [0.3, 0.4) is 0 Å². The third kappa shape index (κ3) is 5.17. The summed E-state index contributed by atoms with van der Waals surface area (Å²) in [5.41, 5.74) is 1.05. The average molecular weight is 377 g/mol. The highest BCUT2D eigenvalue weighted by Gasteiger charge is 2.18. The minimum Gasteiger partial charge on any atom is -0.358 e. The first kappa shape index (κ1) is 20.2. The lowest BCUT2D eigenvalue weighted by atomic mass is 9.87. The van der Waals surface area contributed by atoms with Gasteiger partial charge in [0.25, 0.3) is 10.0 Å². The lowest BCUT2D eigenvalue weighted by Gasteiger charge is -2.19. The Labute approximate surface area is 156 Å². The van der Waals surface area contributed by atoms with Crippen molar-refractivity contribution in [3.63, 3.8) is 0 Å². The average Bonchev–Trinajstić information content (AvgIpc) is 2.59. The monoisotopic (exact) mass is 376 g/mol. The van der Waals surface area contributed by atoms with Crippen molar-refractivity contribution in [2.45, 2.75) is 50.8 Å². The van der Waals surface area contributed by atoms with Crippen LogP contribution in [0.25, 0.3) is 0 Å². The Morgan fingerprint density at radius 1 is 1.04 bits per heavy atom. The zero-order valence-corrected chi connectivity index (χ0v) is 17.0. The smallest absolute Gasteiger partial charge is 0.263 e. The van der Waals surface area contributed by atoms with Crippen LogP contribution in [0.15, 0.2) is 41.3 Å². The van der Waals surface area contributed by atoms with Crippen LogP contribution in [-0.4, -0.2) is 32.2 Å². The van der Waals surface area contributed by atoms with Crippen LogP contribution in [-0.2, 0) is 15.4 Å². The number of sulfonamides is 1. The molecule has 0 radical (unpaired) electrons. The predicted octanol–water partition coefficient (Wildman–Crippen LogP) is 3.81. The van der Waals surface area contributed by atoms with E-state index in [-0.39, 0.29) is 16.1 Å². The van der Waals surface area contributed by atoms with Gasteiger partial charge >= 0.3 is 0 Å². The summed E-state index contributed by atoms with van der Waals surface area (Å²) in [7, 11) is -1.74. The summed E-state index contributed by atoms with van der Waals surface area (Å²) in [6, 6.07) is 10.3. The fourth-order valence-corrected chi connectivity index (χ4v) is 3.42. The summed E-state index contributed by atoms with van der Waals surface area (Å²) < 4.78 is 27.5. The van der Waals surface area contributed by atoms with E-state index >= 15 is 0 Å². The third-order valence-electron chi connectivity index (χ3n) is 4.16. The van der Waals surface area contributed by atoms with Crippen molar-refractivity contribution >= 4 is 21.7 Å². The van der Waals surface area contributed by atoms with Crippen LogP contribution in [0.5, 0.6) is 0 Å². The molecular formula is C19H28N4O2S. The molecule has 0 fully saturated rings. The number of nitrogens with zero attached hydrogens (tertiary/aromatic N) is 3. The lowest BCUT2D eigenvalue weighted by Crippen LogP contribution is -2.20. The maximum absolute atomic E-state index is 12.5. The maximum Gasteiger partial charge on any atom is 0.263 e. The van der Waals surface area contributed by atoms with Crippen molar-refractivity contribution in [3.8, 4) is 0 Å². The van der Waals surface area contributed by atoms with Gasteiger partial charge in [-0.1, -0.05) is 46.2 Å². The van der Waals surface area contributed by atoms with E-state index in [1.54, 1.807) is 24.3 Å². The first-order chi connectivity index (χ1) is 12.1. The molecular weight excluding hydrogens is 348 g/mol. The topological polar surface area (TPSA) is 75.2 Å². The standard InChI is InChI=1S/C19H28N4O2S/c1-6-7-14-23(5)18-13-12-17(20-21-18)22-26(24,25)16-10-8-15(9-11-16)19(2,3)4/h8-13H,6-7,14H2,1-5H3,(H,20,22). The van der Waals surface area contributed by atoms with Crippen molar-refractivity contribution in [3.05, 3.63) is 42.0 Å². The molecule has 1 heterocycles. The van der Waals surface area contributed by atoms with E-state index in [1.807, 2.05) is 24.1 Å². The Morgan fingerprint density at radius 3 is 2.19 bits per heavy atom. The molecule has 142 valence electrons. The van der Waals surface area contributed by atoms with Crippen LogP contribution in [0.1, 0.15) is 46.1 Å². The Hall–Kier alpha value is -2.15. The molecule has 2 rings (SSSR count). The van der Waals surface area contributed by atoms with Gasteiger partial charge in [0.1, 0.15) is 0 Å². The molecule has 0 saturated heterocycles. The molecule has 1 N–H and O–H groups in total. The molecule has 7 heteroatoms. The van der Waals surface area contributed by atoms with Crippen LogP contribution >= 0.6 is 0 Å². The molecule has 0 aliphatic carbocycles. The fourth-order valence-electron chi connectivity index (χ4n) is 2.42. The number of hydrogen-bond acceptors (Lipinski definition) is 5. The molecule has 0 saturated carbocycles. The van der Waals surface area contributed by atoms with Crippen molar-refractivity contribution in [2.24, 2.45) is 0 Å². The second-order valence-corrected chi connectivity index (χ2v) is 9.11. The van der Waals surface area contributed by atoms with Crippen molar-refractivity contribution in [1.82, 2.24) is 10.2 Å². The quantitative estimate of drug-likeness (QED) is 0.795. The zero-order chi connectivity index (χ0) is 19.4. The molecule has 2 aromatic rings. The van der Waals surface area contributed by atoms with E-state index in [0.717, 1.165) is 30.8 Å². The molecule has 6 nitrogen and oxygen atoms in total. The van der Waals surface area contributed by atoms with Crippen LogP contribution in [0.2, 0.25) is 0 Å². The Morgan fingerprint density at radius 2 is 1.69 bits per heavy atom. The summed E-state index contributed by atoms with van der Waals surface area (Å²) in [4.78, 5) is 2.21. The number of hydrogen-bond donors (Lipinski definition) is 1.